The fourth-order valence-electron chi connectivity index (χ4n) is 2.65. The van der Waals surface area contributed by atoms with Gasteiger partial charge in [-0.15, -0.1) is 0 Å². The van der Waals surface area contributed by atoms with E-state index in [0.29, 0.717) is 19.6 Å². The standard InChI is InChI=1S/C22H43NO4/c1-6-8-10-12-13-15-17-26-20(24)19(16-14-11-9-7-2)23-21(25)27-18-22(3,4)5/h19H,6-18H2,1-5H3,(H,23,25). The predicted molar refractivity (Wildman–Crippen MR) is 111 cm³/mol. The molecular formula is C22H43NO4. The third kappa shape index (κ3) is 16.6. The molecule has 0 aromatic carbocycles. The number of carbonyl (C=O) groups is 2. The molecule has 0 rings (SSSR count). The minimum absolute atomic E-state index is 0.105. The van der Waals surface area contributed by atoms with E-state index in [4.69, 9.17) is 9.47 Å². The molecule has 0 fully saturated rings. The van der Waals surface area contributed by atoms with E-state index < -0.39 is 12.1 Å². The number of esters is 1. The molecule has 0 bridgehead atoms. The Hall–Kier alpha value is -1.26. The van der Waals surface area contributed by atoms with Crippen molar-refractivity contribution in [1.82, 2.24) is 5.32 Å². The zero-order valence-corrected chi connectivity index (χ0v) is 18.4. The number of unbranched alkanes of at least 4 members (excludes halogenated alkanes) is 8. The van der Waals surface area contributed by atoms with E-state index in [1.54, 1.807) is 0 Å². The second-order valence-electron chi connectivity index (χ2n) is 8.62. The molecule has 0 aliphatic rings. The molecule has 0 aromatic heterocycles. The molecule has 0 radical (unpaired) electrons. The van der Waals surface area contributed by atoms with Gasteiger partial charge in [-0.2, -0.15) is 0 Å². The molecule has 0 spiro atoms. The van der Waals surface area contributed by atoms with Crippen LogP contribution in [0.1, 0.15) is 105 Å². The molecule has 0 saturated carbocycles. The monoisotopic (exact) mass is 385 g/mol. The van der Waals surface area contributed by atoms with E-state index in [-0.39, 0.29) is 11.4 Å². The summed E-state index contributed by atoms with van der Waals surface area (Å²) < 4.78 is 10.6. The van der Waals surface area contributed by atoms with Gasteiger partial charge in [-0.25, -0.2) is 9.59 Å². The molecular weight excluding hydrogens is 342 g/mol. The molecule has 0 aliphatic heterocycles. The smallest absolute Gasteiger partial charge is 0.407 e. The molecule has 27 heavy (non-hydrogen) atoms. The summed E-state index contributed by atoms with van der Waals surface area (Å²) in [6, 6.07) is -0.616. The first-order valence-corrected chi connectivity index (χ1v) is 10.9. The molecule has 0 heterocycles. The second kappa shape index (κ2) is 15.8. The van der Waals surface area contributed by atoms with Crippen molar-refractivity contribution in [2.75, 3.05) is 13.2 Å². The van der Waals surface area contributed by atoms with Crippen molar-refractivity contribution in [3.05, 3.63) is 0 Å². The fourth-order valence-corrected chi connectivity index (χ4v) is 2.65. The van der Waals surface area contributed by atoms with Crippen LogP contribution in [0.25, 0.3) is 0 Å². The number of ether oxygens (including phenoxy) is 2. The molecule has 1 unspecified atom stereocenters. The number of nitrogens with one attached hydrogen (secondary N) is 1. The van der Waals surface area contributed by atoms with Crippen LogP contribution in [0.4, 0.5) is 4.79 Å². The topological polar surface area (TPSA) is 64.6 Å². The number of amides is 1. The number of rotatable bonds is 15. The Bertz CT molecular complexity index is 390. The summed E-state index contributed by atoms with van der Waals surface area (Å²) in [4.78, 5) is 24.4. The molecule has 1 atom stereocenters. The van der Waals surface area contributed by atoms with E-state index in [9.17, 15) is 9.59 Å². The molecule has 0 aromatic rings. The fraction of sp³-hybridized carbons (Fsp3) is 0.909. The second-order valence-corrected chi connectivity index (χ2v) is 8.62. The summed E-state index contributed by atoms with van der Waals surface area (Å²) >= 11 is 0. The lowest BCUT2D eigenvalue weighted by Gasteiger charge is -2.21. The van der Waals surface area contributed by atoms with Gasteiger partial charge in [0, 0.05) is 0 Å². The number of alkyl carbamates (subject to hydrolysis) is 1. The van der Waals surface area contributed by atoms with E-state index in [1.807, 2.05) is 20.8 Å². The van der Waals surface area contributed by atoms with E-state index in [1.165, 1.54) is 25.7 Å². The Morgan fingerprint density at radius 3 is 1.96 bits per heavy atom. The van der Waals surface area contributed by atoms with Gasteiger partial charge in [0.05, 0.1) is 13.2 Å². The number of carbonyl (C=O) groups excluding carboxylic acids is 2. The summed E-state index contributed by atoms with van der Waals surface area (Å²) in [7, 11) is 0. The molecule has 160 valence electrons. The van der Waals surface area contributed by atoms with Gasteiger partial charge in [-0.3, -0.25) is 0 Å². The summed E-state index contributed by atoms with van der Waals surface area (Å²) in [5.74, 6) is -0.340. The lowest BCUT2D eigenvalue weighted by atomic mass is 9.99. The van der Waals surface area contributed by atoms with Crippen molar-refractivity contribution in [2.45, 2.75) is 111 Å². The largest absolute Gasteiger partial charge is 0.464 e. The molecule has 5 heteroatoms. The van der Waals surface area contributed by atoms with Crippen LogP contribution in [-0.4, -0.2) is 31.3 Å². The SMILES string of the molecule is CCCCCCCCOC(=O)C(CCCCCC)NC(=O)OCC(C)(C)C. The first kappa shape index (κ1) is 25.7. The van der Waals surface area contributed by atoms with Gasteiger partial charge in [0.2, 0.25) is 0 Å². The van der Waals surface area contributed by atoms with E-state index >= 15 is 0 Å². The minimum Gasteiger partial charge on any atom is -0.464 e. The zero-order chi connectivity index (χ0) is 20.5. The van der Waals surface area contributed by atoms with Gasteiger partial charge in [-0.05, 0) is 18.3 Å². The van der Waals surface area contributed by atoms with Gasteiger partial charge < -0.3 is 14.8 Å². The van der Waals surface area contributed by atoms with Crippen LogP contribution in [0.2, 0.25) is 0 Å². The van der Waals surface area contributed by atoms with Crippen LogP contribution < -0.4 is 5.32 Å². The number of hydrogen-bond donors (Lipinski definition) is 1. The number of hydrogen-bond acceptors (Lipinski definition) is 4. The maximum atomic E-state index is 12.4. The van der Waals surface area contributed by atoms with E-state index in [2.05, 4.69) is 19.2 Å². The first-order valence-electron chi connectivity index (χ1n) is 10.9. The summed E-state index contributed by atoms with van der Waals surface area (Å²) in [5, 5.41) is 2.70. The Morgan fingerprint density at radius 2 is 1.37 bits per heavy atom. The van der Waals surface area contributed by atoms with Gasteiger partial charge in [-0.1, -0.05) is 92.4 Å². The Labute approximate surface area is 167 Å². The molecule has 0 aliphatic carbocycles. The zero-order valence-electron chi connectivity index (χ0n) is 18.4. The van der Waals surface area contributed by atoms with Crippen molar-refractivity contribution in [1.29, 1.82) is 0 Å². The molecule has 0 saturated heterocycles. The highest BCUT2D eigenvalue weighted by Crippen LogP contribution is 2.13. The Kier molecular flexibility index (Phi) is 15.0. The van der Waals surface area contributed by atoms with Crippen molar-refractivity contribution >= 4 is 12.1 Å². The van der Waals surface area contributed by atoms with Crippen LogP contribution in [0.3, 0.4) is 0 Å². The summed E-state index contributed by atoms with van der Waals surface area (Å²) in [5.41, 5.74) is -0.105. The normalized spacial score (nSPS) is 12.5. The summed E-state index contributed by atoms with van der Waals surface area (Å²) in [6.45, 7) is 11.1. The highest BCUT2D eigenvalue weighted by molar-refractivity contribution is 5.81. The Balaban J connectivity index is 4.29. The van der Waals surface area contributed by atoms with Gasteiger partial charge in [0.1, 0.15) is 6.04 Å². The average molecular weight is 386 g/mol. The third-order valence-electron chi connectivity index (χ3n) is 4.30. The van der Waals surface area contributed by atoms with Crippen LogP contribution in [0.5, 0.6) is 0 Å². The van der Waals surface area contributed by atoms with Crippen LogP contribution in [0.15, 0.2) is 0 Å². The maximum absolute atomic E-state index is 12.4. The first-order chi connectivity index (χ1) is 12.8. The lowest BCUT2D eigenvalue weighted by molar-refractivity contribution is -0.146. The van der Waals surface area contributed by atoms with Crippen molar-refractivity contribution in [3.63, 3.8) is 0 Å². The quantitative estimate of drug-likeness (QED) is 0.277. The van der Waals surface area contributed by atoms with Crippen LogP contribution in [-0.2, 0) is 14.3 Å². The van der Waals surface area contributed by atoms with Crippen LogP contribution >= 0.6 is 0 Å². The molecule has 1 amide bonds. The average Bonchev–Trinajstić information content (AvgIpc) is 2.61. The minimum atomic E-state index is -0.616. The molecule has 5 nitrogen and oxygen atoms in total. The summed E-state index contributed by atoms with van der Waals surface area (Å²) in [6.07, 6.45) is 11.1. The predicted octanol–water partition coefficient (Wildman–Crippen LogP) is 6.00. The molecule has 1 N–H and O–H groups in total. The highest BCUT2D eigenvalue weighted by atomic mass is 16.6. The highest BCUT2D eigenvalue weighted by Gasteiger charge is 2.23. The van der Waals surface area contributed by atoms with E-state index in [0.717, 1.165) is 38.5 Å². The van der Waals surface area contributed by atoms with Crippen molar-refractivity contribution in [2.24, 2.45) is 5.41 Å². The van der Waals surface area contributed by atoms with Crippen molar-refractivity contribution < 1.29 is 19.1 Å². The Morgan fingerprint density at radius 1 is 0.815 bits per heavy atom. The van der Waals surface area contributed by atoms with Gasteiger partial charge in [0.25, 0.3) is 0 Å². The van der Waals surface area contributed by atoms with Crippen LogP contribution in [0, 0.1) is 5.41 Å². The maximum Gasteiger partial charge on any atom is 0.407 e. The third-order valence-corrected chi connectivity index (χ3v) is 4.30. The van der Waals surface area contributed by atoms with Gasteiger partial charge in [0.15, 0.2) is 0 Å². The lowest BCUT2D eigenvalue weighted by Crippen LogP contribution is -2.43. The van der Waals surface area contributed by atoms with Crippen molar-refractivity contribution in [3.8, 4) is 0 Å². The van der Waals surface area contributed by atoms with Gasteiger partial charge >= 0.3 is 12.1 Å².